The van der Waals surface area contributed by atoms with E-state index in [0.29, 0.717) is 15.7 Å². The second-order valence-electron chi connectivity index (χ2n) is 3.94. The molecule has 0 amide bonds. The zero-order valence-corrected chi connectivity index (χ0v) is 11.4. The van der Waals surface area contributed by atoms with E-state index in [-0.39, 0.29) is 17.9 Å². The van der Waals surface area contributed by atoms with Gasteiger partial charge in [0, 0.05) is 22.3 Å². The van der Waals surface area contributed by atoms with Gasteiger partial charge in [-0.2, -0.15) is 0 Å². The van der Waals surface area contributed by atoms with Crippen molar-refractivity contribution in [1.82, 2.24) is 0 Å². The second kappa shape index (κ2) is 5.84. The Labute approximate surface area is 118 Å². The molecule has 0 aliphatic carbocycles. The van der Waals surface area contributed by atoms with E-state index >= 15 is 0 Å². The number of hydrogen-bond acceptors (Lipinski definition) is 2. The van der Waals surface area contributed by atoms with E-state index in [9.17, 15) is 9.18 Å². The molecule has 0 saturated heterocycles. The summed E-state index contributed by atoms with van der Waals surface area (Å²) < 4.78 is 14.1. The first-order chi connectivity index (χ1) is 9.08. The normalized spacial score (nSPS) is 10.2. The molecule has 0 bridgehead atoms. The van der Waals surface area contributed by atoms with Gasteiger partial charge in [0.15, 0.2) is 0 Å². The first kappa shape index (κ1) is 13.5. The van der Waals surface area contributed by atoms with Gasteiger partial charge < -0.3 is 10.4 Å². The highest BCUT2D eigenvalue weighted by Crippen LogP contribution is 2.22. The molecule has 0 heterocycles. The van der Waals surface area contributed by atoms with Gasteiger partial charge in [0.1, 0.15) is 5.82 Å². The van der Waals surface area contributed by atoms with Crippen LogP contribution in [-0.2, 0) is 6.54 Å². The molecule has 5 heteroatoms. The largest absolute Gasteiger partial charge is 0.478 e. The summed E-state index contributed by atoms with van der Waals surface area (Å²) in [6, 6.07) is 11.3. The van der Waals surface area contributed by atoms with E-state index in [0.717, 1.165) is 0 Å². The standard InChI is InChI=1S/C14H11BrFNO2/c15-10-5-6-13(11(7-10)14(18)19)17-8-9-3-1-2-4-12(9)16/h1-7,17H,8H2,(H,18,19). The predicted molar refractivity (Wildman–Crippen MR) is 74.8 cm³/mol. The molecule has 0 saturated carbocycles. The average Bonchev–Trinajstić information content (AvgIpc) is 2.38. The number of hydrogen-bond donors (Lipinski definition) is 2. The van der Waals surface area contributed by atoms with Gasteiger partial charge in [-0.05, 0) is 24.3 Å². The molecule has 0 aliphatic rings. The Morgan fingerprint density at radius 2 is 2.00 bits per heavy atom. The quantitative estimate of drug-likeness (QED) is 0.897. The summed E-state index contributed by atoms with van der Waals surface area (Å²) in [6.07, 6.45) is 0. The van der Waals surface area contributed by atoms with Gasteiger partial charge in [-0.25, -0.2) is 9.18 Å². The molecule has 2 rings (SSSR count). The Balaban J connectivity index is 2.20. The van der Waals surface area contributed by atoms with Crippen molar-refractivity contribution in [2.24, 2.45) is 0 Å². The van der Waals surface area contributed by atoms with Gasteiger partial charge >= 0.3 is 5.97 Å². The summed E-state index contributed by atoms with van der Waals surface area (Å²) in [4.78, 5) is 11.1. The van der Waals surface area contributed by atoms with Crippen LogP contribution in [0.1, 0.15) is 15.9 Å². The molecule has 2 N–H and O–H groups in total. The number of carboxylic acid groups (broad SMARTS) is 1. The van der Waals surface area contributed by atoms with Crippen LogP contribution in [0.2, 0.25) is 0 Å². The topological polar surface area (TPSA) is 49.3 Å². The van der Waals surface area contributed by atoms with Gasteiger partial charge in [-0.1, -0.05) is 34.1 Å². The number of benzene rings is 2. The zero-order valence-electron chi connectivity index (χ0n) is 9.86. The van der Waals surface area contributed by atoms with Crippen LogP contribution in [0.3, 0.4) is 0 Å². The van der Waals surface area contributed by atoms with E-state index < -0.39 is 5.97 Å². The maximum atomic E-state index is 13.5. The Morgan fingerprint density at radius 3 is 2.68 bits per heavy atom. The fourth-order valence-electron chi connectivity index (χ4n) is 1.68. The van der Waals surface area contributed by atoms with Crippen LogP contribution in [0.15, 0.2) is 46.9 Å². The number of carboxylic acids is 1. The van der Waals surface area contributed by atoms with Crippen LogP contribution in [0.5, 0.6) is 0 Å². The number of rotatable bonds is 4. The molecule has 2 aromatic carbocycles. The summed E-state index contributed by atoms with van der Waals surface area (Å²) in [7, 11) is 0. The molecule has 19 heavy (non-hydrogen) atoms. The zero-order chi connectivity index (χ0) is 13.8. The minimum absolute atomic E-state index is 0.144. The summed E-state index contributed by atoms with van der Waals surface area (Å²) >= 11 is 3.22. The molecular weight excluding hydrogens is 313 g/mol. The van der Waals surface area contributed by atoms with Crippen LogP contribution in [0, 0.1) is 5.82 Å². The summed E-state index contributed by atoms with van der Waals surface area (Å²) in [5.41, 5.74) is 1.09. The van der Waals surface area contributed by atoms with Crippen molar-refractivity contribution in [3.8, 4) is 0 Å². The lowest BCUT2D eigenvalue weighted by Crippen LogP contribution is -2.07. The molecule has 0 radical (unpaired) electrons. The minimum atomic E-state index is -1.03. The Morgan fingerprint density at radius 1 is 1.26 bits per heavy atom. The van der Waals surface area contributed by atoms with E-state index in [1.807, 2.05) is 0 Å². The molecule has 2 aromatic rings. The lowest BCUT2D eigenvalue weighted by Gasteiger charge is -2.10. The van der Waals surface area contributed by atoms with Crippen LogP contribution in [-0.4, -0.2) is 11.1 Å². The van der Waals surface area contributed by atoms with E-state index in [4.69, 9.17) is 5.11 Å². The molecule has 3 nitrogen and oxygen atoms in total. The number of carbonyl (C=O) groups is 1. The average molecular weight is 324 g/mol. The van der Waals surface area contributed by atoms with E-state index in [2.05, 4.69) is 21.2 Å². The molecule has 0 aliphatic heterocycles. The first-order valence-corrected chi connectivity index (χ1v) is 6.37. The highest BCUT2D eigenvalue weighted by Gasteiger charge is 2.10. The van der Waals surface area contributed by atoms with Crippen molar-refractivity contribution >= 4 is 27.6 Å². The second-order valence-corrected chi connectivity index (χ2v) is 4.86. The highest BCUT2D eigenvalue weighted by atomic mass is 79.9. The minimum Gasteiger partial charge on any atom is -0.478 e. The number of nitrogens with one attached hydrogen (secondary N) is 1. The number of aromatic carboxylic acids is 1. The van der Waals surface area contributed by atoms with Gasteiger partial charge in [-0.3, -0.25) is 0 Å². The maximum absolute atomic E-state index is 13.5. The lowest BCUT2D eigenvalue weighted by molar-refractivity contribution is 0.0698. The molecule has 0 aromatic heterocycles. The summed E-state index contributed by atoms with van der Waals surface area (Å²) in [5, 5.41) is 12.0. The van der Waals surface area contributed by atoms with Crippen molar-refractivity contribution in [3.05, 3.63) is 63.9 Å². The molecule has 0 unspecified atom stereocenters. The highest BCUT2D eigenvalue weighted by molar-refractivity contribution is 9.10. The molecule has 98 valence electrons. The van der Waals surface area contributed by atoms with Crippen LogP contribution in [0.25, 0.3) is 0 Å². The third kappa shape index (κ3) is 3.32. The lowest BCUT2D eigenvalue weighted by atomic mass is 10.1. The third-order valence-corrected chi connectivity index (χ3v) is 3.13. The number of halogens is 2. The SMILES string of the molecule is O=C(O)c1cc(Br)ccc1NCc1ccccc1F. The van der Waals surface area contributed by atoms with Gasteiger partial charge in [-0.15, -0.1) is 0 Å². The maximum Gasteiger partial charge on any atom is 0.337 e. The number of anilines is 1. The molecule has 0 atom stereocenters. The Hall–Kier alpha value is -1.88. The molecular formula is C14H11BrFNO2. The predicted octanol–water partition coefficient (Wildman–Crippen LogP) is 3.90. The van der Waals surface area contributed by atoms with Crippen LogP contribution < -0.4 is 5.32 Å². The van der Waals surface area contributed by atoms with E-state index in [1.54, 1.807) is 30.3 Å². The van der Waals surface area contributed by atoms with Crippen molar-refractivity contribution in [2.75, 3.05) is 5.32 Å². The Bertz CT molecular complexity index is 616. The fourth-order valence-corrected chi connectivity index (χ4v) is 2.04. The molecule has 0 fully saturated rings. The monoisotopic (exact) mass is 323 g/mol. The van der Waals surface area contributed by atoms with Crippen molar-refractivity contribution < 1.29 is 14.3 Å². The fraction of sp³-hybridized carbons (Fsp3) is 0.0714. The molecule has 0 spiro atoms. The smallest absolute Gasteiger partial charge is 0.337 e. The van der Waals surface area contributed by atoms with Crippen molar-refractivity contribution in [2.45, 2.75) is 6.54 Å². The van der Waals surface area contributed by atoms with E-state index in [1.165, 1.54) is 12.1 Å². The third-order valence-electron chi connectivity index (χ3n) is 2.64. The van der Waals surface area contributed by atoms with Crippen molar-refractivity contribution in [3.63, 3.8) is 0 Å². The van der Waals surface area contributed by atoms with Gasteiger partial charge in [0.25, 0.3) is 0 Å². The van der Waals surface area contributed by atoms with Crippen LogP contribution >= 0.6 is 15.9 Å². The Kier molecular flexibility index (Phi) is 4.16. The summed E-state index contributed by atoms with van der Waals surface area (Å²) in [5.74, 6) is -1.35. The summed E-state index contributed by atoms with van der Waals surface area (Å²) in [6.45, 7) is 0.231. The van der Waals surface area contributed by atoms with Crippen molar-refractivity contribution in [1.29, 1.82) is 0 Å². The van der Waals surface area contributed by atoms with Crippen LogP contribution in [0.4, 0.5) is 10.1 Å². The first-order valence-electron chi connectivity index (χ1n) is 5.58. The van der Waals surface area contributed by atoms with Gasteiger partial charge in [0.2, 0.25) is 0 Å². The van der Waals surface area contributed by atoms with Gasteiger partial charge in [0.05, 0.1) is 5.56 Å².